The number of carbonyl (C=O) groups is 2. The van der Waals surface area contributed by atoms with Gasteiger partial charge in [0.1, 0.15) is 6.04 Å². The minimum absolute atomic E-state index is 0.0979. The van der Waals surface area contributed by atoms with Crippen molar-refractivity contribution in [3.8, 4) is 0 Å². The van der Waals surface area contributed by atoms with Crippen LogP contribution in [0.4, 0.5) is 0 Å². The van der Waals surface area contributed by atoms with E-state index in [1.54, 1.807) is 20.8 Å². The summed E-state index contributed by atoms with van der Waals surface area (Å²) in [6, 6.07) is -0.631. The van der Waals surface area contributed by atoms with E-state index in [0.29, 0.717) is 12.4 Å². The van der Waals surface area contributed by atoms with Crippen LogP contribution in [0.15, 0.2) is 0 Å². The fourth-order valence-corrected chi connectivity index (χ4v) is 4.84. The number of hydrogen-bond acceptors (Lipinski definition) is 7. The molecule has 2 atom stereocenters. The maximum Gasteiger partial charge on any atom is 0.323 e. The molecule has 0 rings (SSSR count). The Morgan fingerprint density at radius 3 is 2.20 bits per heavy atom. The summed E-state index contributed by atoms with van der Waals surface area (Å²) in [5.41, 5.74) is -0.392. The average Bonchev–Trinajstić information content (AvgIpc) is 2.47. The summed E-state index contributed by atoms with van der Waals surface area (Å²) in [5.74, 6) is 0.0847. The summed E-state index contributed by atoms with van der Waals surface area (Å²) in [6.45, 7) is 10.7. The van der Waals surface area contributed by atoms with Gasteiger partial charge in [0.2, 0.25) is 0 Å². The predicted octanol–water partition coefficient (Wildman–Crippen LogP) is 3.89. The van der Waals surface area contributed by atoms with Crippen molar-refractivity contribution in [2.75, 3.05) is 19.0 Å². The molecule has 0 aliphatic heterocycles. The van der Waals surface area contributed by atoms with Gasteiger partial charge in [0, 0.05) is 11.2 Å². The van der Waals surface area contributed by atoms with Crippen molar-refractivity contribution in [3.63, 3.8) is 0 Å². The fourth-order valence-electron chi connectivity index (χ4n) is 1.46. The standard InChI is InChI=1S/C16H32NO5PS2/c1-8-9-20-23(24,17-13(4)14(18)22-12(2)3)21-10-11-25-15(19)16(5,6)7/h12-13H,8-11H2,1-7H3,(H,17,24). The highest BCUT2D eigenvalue weighted by molar-refractivity contribution is 8.13. The van der Waals surface area contributed by atoms with Crippen LogP contribution in [0.5, 0.6) is 0 Å². The van der Waals surface area contributed by atoms with Crippen LogP contribution in [-0.2, 0) is 35.2 Å². The van der Waals surface area contributed by atoms with E-state index in [4.69, 9.17) is 25.6 Å². The highest BCUT2D eigenvalue weighted by Crippen LogP contribution is 2.45. The summed E-state index contributed by atoms with van der Waals surface area (Å²) in [4.78, 5) is 23.9. The molecule has 0 saturated carbocycles. The maximum absolute atomic E-state index is 12.0. The second-order valence-corrected chi connectivity index (χ2v) is 11.2. The van der Waals surface area contributed by atoms with Crippen molar-refractivity contribution >= 4 is 41.3 Å². The van der Waals surface area contributed by atoms with Gasteiger partial charge in [-0.3, -0.25) is 9.59 Å². The first-order valence-corrected chi connectivity index (χ1v) is 12.1. The lowest BCUT2D eigenvalue weighted by molar-refractivity contribution is -0.149. The molecule has 25 heavy (non-hydrogen) atoms. The second kappa shape index (κ2) is 11.7. The number of thioether (sulfide) groups is 1. The smallest absolute Gasteiger partial charge is 0.323 e. The van der Waals surface area contributed by atoms with Crippen LogP contribution < -0.4 is 5.09 Å². The molecule has 0 saturated heterocycles. The van der Waals surface area contributed by atoms with Crippen LogP contribution in [0.25, 0.3) is 0 Å². The summed E-state index contributed by atoms with van der Waals surface area (Å²) >= 11 is 6.70. The molecule has 1 N–H and O–H groups in total. The number of nitrogens with one attached hydrogen (secondary N) is 1. The van der Waals surface area contributed by atoms with Crippen LogP contribution in [0.3, 0.4) is 0 Å². The normalized spacial score (nSPS) is 15.7. The zero-order chi connectivity index (χ0) is 19.7. The van der Waals surface area contributed by atoms with Crippen LogP contribution in [0, 0.1) is 5.41 Å². The van der Waals surface area contributed by atoms with E-state index in [1.165, 1.54) is 11.8 Å². The molecule has 0 heterocycles. The molecule has 9 heteroatoms. The lowest BCUT2D eigenvalue weighted by Gasteiger charge is -2.26. The lowest BCUT2D eigenvalue weighted by Crippen LogP contribution is -2.35. The van der Waals surface area contributed by atoms with Gasteiger partial charge in [-0.2, -0.15) is 0 Å². The zero-order valence-electron chi connectivity index (χ0n) is 16.3. The van der Waals surface area contributed by atoms with Crippen LogP contribution >= 0.6 is 18.4 Å². The number of esters is 1. The monoisotopic (exact) mass is 413 g/mol. The van der Waals surface area contributed by atoms with Gasteiger partial charge in [-0.1, -0.05) is 39.5 Å². The highest BCUT2D eigenvalue weighted by atomic mass is 32.5. The number of hydrogen-bond donors (Lipinski definition) is 1. The van der Waals surface area contributed by atoms with Crippen molar-refractivity contribution in [1.29, 1.82) is 0 Å². The van der Waals surface area contributed by atoms with Crippen molar-refractivity contribution in [1.82, 2.24) is 5.09 Å². The van der Waals surface area contributed by atoms with Crippen molar-refractivity contribution < 1.29 is 23.4 Å². The summed E-state index contributed by atoms with van der Waals surface area (Å²) < 4.78 is 16.6. The molecule has 6 nitrogen and oxygen atoms in total. The molecule has 0 aromatic carbocycles. The van der Waals surface area contributed by atoms with Gasteiger partial charge in [0.25, 0.3) is 6.64 Å². The SMILES string of the molecule is CCCOP(=S)(NC(C)C(=O)OC(C)C)OCCSC(=O)C(C)(C)C. The molecule has 0 spiro atoms. The van der Waals surface area contributed by atoms with Gasteiger partial charge in [-0.05, 0) is 39.0 Å². The van der Waals surface area contributed by atoms with Gasteiger partial charge in [-0.15, -0.1) is 0 Å². The molecule has 0 bridgehead atoms. The number of ether oxygens (including phenoxy) is 1. The van der Waals surface area contributed by atoms with Gasteiger partial charge in [-0.25, -0.2) is 5.09 Å². The minimum atomic E-state index is -2.83. The van der Waals surface area contributed by atoms with Crippen molar-refractivity contribution in [2.45, 2.75) is 67.0 Å². The molecular weight excluding hydrogens is 381 g/mol. The van der Waals surface area contributed by atoms with Crippen molar-refractivity contribution in [2.24, 2.45) is 5.41 Å². The van der Waals surface area contributed by atoms with Gasteiger partial charge in [0.05, 0.1) is 19.3 Å². The molecule has 0 aliphatic carbocycles. The van der Waals surface area contributed by atoms with Crippen LogP contribution in [-0.4, -0.2) is 42.2 Å². The molecule has 2 unspecified atom stereocenters. The van der Waals surface area contributed by atoms with Gasteiger partial charge >= 0.3 is 5.97 Å². The molecule has 148 valence electrons. The van der Waals surface area contributed by atoms with E-state index in [2.05, 4.69) is 5.09 Å². The van der Waals surface area contributed by atoms with E-state index in [1.807, 2.05) is 27.7 Å². The third kappa shape index (κ3) is 11.4. The first-order valence-electron chi connectivity index (χ1n) is 8.46. The Morgan fingerprint density at radius 1 is 1.16 bits per heavy atom. The summed E-state index contributed by atoms with van der Waals surface area (Å²) in [7, 11) is 0. The Kier molecular flexibility index (Phi) is 11.7. The Hall–Kier alpha value is 0.0200. The Morgan fingerprint density at radius 2 is 1.72 bits per heavy atom. The third-order valence-electron chi connectivity index (χ3n) is 2.71. The topological polar surface area (TPSA) is 73.9 Å². The first-order chi connectivity index (χ1) is 11.4. The van der Waals surface area contributed by atoms with Crippen LogP contribution in [0.2, 0.25) is 0 Å². The Labute approximate surface area is 161 Å². The van der Waals surface area contributed by atoms with E-state index in [0.717, 1.165) is 6.42 Å². The average molecular weight is 414 g/mol. The molecule has 0 aromatic heterocycles. The number of rotatable bonds is 11. The van der Waals surface area contributed by atoms with Crippen molar-refractivity contribution in [3.05, 3.63) is 0 Å². The maximum atomic E-state index is 12.0. The molecule has 0 fully saturated rings. The second-order valence-electron chi connectivity index (χ2n) is 6.89. The minimum Gasteiger partial charge on any atom is -0.462 e. The molecular formula is C16H32NO5PS2. The first kappa shape index (κ1) is 25.0. The molecule has 0 radical (unpaired) electrons. The molecule has 0 amide bonds. The zero-order valence-corrected chi connectivity index (χ0v) is 18.8. The largest absolute Gasteiger partial charge is 0.462 e. The van der Waals surface area contributed by atoms with Crippen LogP contribution in [0.1, 0.15) is 54.9 Å². The van der Waals surface area contributed by atoms with E-state index in [-0.39, 0.29) is 17.8 Å². The van der Waals surface area contributed by atoms with Gasteiger partial charge < -0.3 is 13.8 Å². The summed E-state index contributed by atoms with van der Waals surface area (Å²) in [6.07, 6.45) is 0.581. The lowest BCUT2D eigenvalue weighted by atomic mass is 10.00. The van der Waals surface area contributed by atoms with Gasteiger partial charge in [0.15, 0.2) is 5.12 Å². The Balaban J connectivity index is 4.62. The predicted molar refractivity (Wildman–Crippen MR) is 107 cm³/mol. The number of carbonyl (C=O) groups excluding carboxylic acids is 2. The fraction of sp³-hybridized carbons (Fsp3) is 0.875. The highest BCUT2D eigenvalue weighted by Gasteiger charge is 2.27. The summed E-state index contributed by atoms with van der Waals surface area (Å²) in [5, 5.41) is 3.06. The molecule has 0 aromatic rings. The Bertz CT molecular complexity index is 480. The van der Waals surface area contributed by atoms with E-state index >= 15 is 0 Å². The quantitative estimate of drug-likeness (QED) is 0.311. The van der Waals surface area contributed by atoms with E-state index in [9.17, 15) is 9.59 Å². The molecule has 0 aliphatic rings. The van der Waals surface area contributed by atoms with E-state index < -0.39 is 24.1 Å². The third-order valence-corrected chi connectivity index (χ3v) is 6.66.